The van der Waals surface area contributed by atoms with E-state index >= 15 is 0 Å². The van der Waals surface area contributed by atoms with Crippen molar-refractivity contribution in [3.63, 3.8) is 0 Å². The van der Waals surface area contributed by atoms with Gasteiger partial charge in [-0.25, -0.2) is 9.97 Å². The molecule has 0 spiro atoms. The minimum absolute atomic E-state index is 0.554. The van der Waals surface area contributed by atoms with Crippen LogP contribution in [0.3, 0.4) is 0 Å². The van der Waals surface area contributed by atoms with E-state index in [1.54, 1.807) is 14.2 Å². The molecule has 102 valence electrons. The van der Waals surface area contributed by atoms with Crippen molar-refractivity contribution in [2.24, 2.45) is 0 Å². The molecule has 0 aromatic carbocycles. The standard InChI is InChI=1S/C12H22N4O2/c1-5-16(2)7-6-13-8-10-11(17-3)14-9-15-12(10)18-4/h9,13H,5-8H2,1-4H3. The lowest BCUT2D eigenvalue weighted by molar-refractivity contribution is 0.341. The highest BCUT2D eigenvalue weighted by atomic mass is 16.5. The molecule has 0 amide bonds. The van der Waals surface area contributed by atoms with E-state index in [1.165, 1.54) is 6.33 Å². The van der Waals surface area contributed by atoms with Crippen molar-refractivity contribution in [2.45, 2.75) is 13.5 Å². The van der Waals surface area contributed by atoms with E-state index in [1.807, 2.05) is 0 Å². The Morgan fingerprint density at radius 3 is 2.33 bits per heavy atom. The summed E-state index contributed by atoms with van der Waals surface area (Å²) in [5, 5.41) is 3.33. The van der Waals surface area contributed by atoms with Gasteiger partial charge in [-0.05, 0) is 13.6 Å². The first-order chi connectivity index (χ1) is 8.72. The van der Waals surface area contributed by atoms with Crippen molar-refractivity contribution >= 4 is 0 Å². The van der Waals surface area contributed by atoms with Gasteiger partial charge in [0.1, 0.15) is 6.33 Å². The van der Waals surface area contributed by atoms with Crippen LogP contribution in [0.5, 0.6) is 11.8 Å². The van der Waals surface area contributed by atoms with E-state index in [9.17, 15) is 0 Å². The molecule has 0 aliphatic heterocycles. The fraction of sp³-hybridized carbons (Fsp3) is 0.667. The molecule has 0 fully saturated rings. The third-order valence-electron chi connectivity index (χ3n) is 2.76. The highest BCUT2D eigenvalue weighted by Gasteiger charge is 2.11. The molecule has 0 atom stereocenters. The number of aromatic nitrogens is 2. The van der Waals surface area contributed by atoms with Gasteiger partial charge >= 0.3 is 0 Å². The topological polar surface area (TPSA) is 59.5 Å². The molecule has 0 saturated heterocycles. The number of nitrogens with zero attached hydrogens (tertiary/aromatic N) is 3. The van der Waals surface area contributed by atoms with E-state index in [4.69, 9.17) is 9.47 Å². The SMILES string of the molecule is CCN(C)CCNCc1c(OC)ncnc1OC. The number of hydrogen-bond donors (Lipinski definition) is 1. The van der Waals surface area contributed by atoms with Gasteiger partial charge in [0.15, 0.2) is 0 Å². The molecule has 1 aromatic heterocycles. The van der Waals surface area contributed by atoms with Crippen molar-refractivity contribution in [2.75, 3.05) is 40.9 Å². The second-order valence-electron chi connectivity index (χ2n) is 3.94. The maximum absolute atomic E-state index is 5.21. The third-order valence-corrected chi connectivity index (χ3v) is 2.76. The zero-order valence-electron chi connectivity index (χ0n) is 11.6. The minimum Gasteiger partial charge on any atom is -0.481 e. The molecule has 0 saturated carbocycles. The summed E-state index contributed by atoms with van der Waals surface area (Å²) >= 11 is 0. The highest BCUT2D eigenvalue weighted by molar-refractivity contribution is 5.34. The number of ether oxygens (including phenoxy) is 2. The minimum atomic E-state index is 0.554. The second kappa shape index (κ2) is 7.84. The van der Waals surface area contributed by atoms with Gasteiger partial charge in [0, 0.05) is 19.6 Å². The largest absolute Gasteiger partial charge is 0.481 e. The van der Waals surface area contributed by atoms with Crippen LogP contribution in [0.1, 0.15) is 12.5 Å². The van der Waals surface area contributed by atoms with Crippen LogP contribution in [0, 0.1) is 0 Å². The third kappa shape index (κ3) is 4.12. The molecule has 18 heavy (non-hydrogen) atoms. The average Bonchev–Trinajstić information content (AvgIpc) is 2.42. The summed E-state index contributed by atoms with van der Waals surface area (Å²) in [6, 6.07) is 0. The smallest absolute Gasteiger partial charge is 0.224 e. The zero-order valence-corrected chi connectivity index (χ0v) is 11.6. The van der Waals surface area contributed by atoms with Crippen LogP contribution in [0.4, 0.5) is 0 Å². The molecule has 1 aromatic rings. The van der Waals surface area contributed by atoms with Crippen LogP contribution < -0.4 is 14.8 Å². The molecular formula is C12H22N4O2. The Bertz CT molecular complexity index is 338. The second-order valence-corrected chi connectivity index (χ2v) is 3.94. The first-order valence-electron chi connectivity index (χ1n) is 6.04. The molecule has 6 nitrogen and oxygen atoms in total. The Morgan fingerprint density at radius 1 is 1.22 bits per heavy atom. The number of hydrogen-bond acceptors (Lipinski definition) is 6. The summed E-state index contributed by atoms with van der Waals surface area (Å²) in [4.78, 5) is 10.4. The number of likely N-dealkylation sites (N-methyl/N-ethyl adjacent to an activating group) is 1. The Kier molecular flexibility index (Phi) is 6.38. The van der Waals surface area contributed by atoms with Gasteiger partial charge in [-0.3, -0.25) is 0 Å². The monoisotopic (exact) mass is 254 g/mol. The summed E-state index contributed by atoms with van der Waals surface area (Å²) in [6.07, 6.45) is 1.44. The first kappa shape index (κ1) is 14.7. The van der Waals surface area contributed by atoms with Gasteiger partial charge in [0.05, 0.1) is 19.8 Å². The van der Waals surface area contributed by atoms with Crippen molar-refractivity contribution in [1.82, 2.24) is 20.2 Å². The van der Waals surface area contributed by atoms with E-state index in [0.29, 0.717) is 18.3 Å². The van der Waals surface area contributed by atoms with Gasteiger partial charge in [-0.2, -0.15) is 0 Å². The molecule has 1 heterocycles. The van der Waals surface area contributed by atoms with E-state index in [2.05, 4.69) is 34.2 Å². The lowest BCUT2D eigenvalue weighted by Crippen LogP contribution is -2.29. The average molecular weight is 254 g/mol. The fourth-order valence-corrected chi connectivity index (χ4v) is 1.53. The molecule has 1 rings (SSSR count). The quantitative estimate of drug-likeness (QED) is 0.683. The summed E-state index contributed by atoms with van der Waals surface area (Å²) in [7, 11) is 5.28. The molecule has 0 bridgehead atoms. The number of methoxy groups -OCH3 is 2. The Morgan fingerprint density at radius 2 is 1.83 bits per heavy atom. The predicted molar refractivity (Wildman–Crippen MR) is 70.0 cm³/mol. The van der Waals surface area contributed by atoms with Gasteiger partial charge in [0.2, 0.25) is 11.8 Å². The molecule has 0 unspecified atom stereocenters. The van der Waals surface area contributed by atoms with Crippen molar-refractivity contribution in [3.05, 3.63) is 11.9 Å². The highest BCUT2D eigenvalue weighted by Crippen LogP contribution is 2.22. The lowest BCUT2D eigenvalue weighted by atomic mass is 10.3. The van der Waals surface area contributed by atoms with Crippen molar-refractivity contribution in [1.29, 1.82) is 0 Å². The van der Waals surface area contributed by atoms with Crippen LogP contribution in [0.15, 0.2) is 6.33 Å². The molecule has 1 N–H and O–H groups in total. The van der Waals surface area contributed by atoms with Gasteiger partial charge in [-0.1, -0.05) is 6.92 Å². The molecule has 0 radical (unpaired) electrons. The van der Waals surface area contributed by atoms with E-state index in [-0.39, 0.29) is 0 Å². The van der Waals surface area contributed by atoms with Gasteiger partial charge in [-0.15, -0.1) is 0 Å². The predicted octanol–water partition coefficient (Wildman–Crippen LogP) is 0.535. The Balaban J connectivity index is 2.55. The van der Waals surface area contributed by atoms with E-state index < -0.39 is 0 Å². The zero-order chi connectivity index (χ0) is 13.4. The number of nitrogens with one attached hydrogen (secondary N) is 1. The lowest BCUT2D eigenvalue weighted by Gasteiger charge is -2.15. The molecule has 6 heteroatoms. The van der Waals surface area contributed by atoms with E-state index in [0.717, 1.165) is 25.2 Å². The van der Waals surface area contributed by atoms with Gasteiger partial charge < -0.3 is 19.7 Å². The van der Waals surface area contributed by atoms with Crippen molar-refractivity contribution < 1.29 is 9.47 Å². The Hall–Kier alpha value is -1.40. The van der Waals surface area contributed by atoms with Crippen LogP contribution in [-0.4, -0.2) is 55.8 Å². The molecule has 0 aliphatic carbocycles. The van der Waals surface area contributed by atoms with Crippen LogP contribution in [0.25, 0.3) is 0 Å². The molecule has 0 aliphatic rings. The first-order valence-corrected chi connectivity index (χ1v) is 6.04. The fourth-order valence-electron chi connectivity index (χ4n) is 1.53. The Labute approximate surface area is 108 Å². The normalized spacial score (nSPS) is 10.7. The van der Waals surface area contributed by atoms with Crippen LogP contribution in [-0.2, 0) is 6.54 Å². The summed E-state index contributed by atoms with van der Waals surface area (Å²) in [6.45, 7) is 5.70. The maximum atomic E-state index is 5.21. The van der Waals surface area contributed by atoms with Crippen LogP contribution in [0.2, 0.25) is 0 Å². The van der Waals surface area contributed by atoms with Crippen LogP contribution >= 0.6 is 0 Å². The number of rotatable bonds is 8. The summed E-state index contributed by atoms with van der Waals surface area (Å²) in [5.74, 6) is 1.11. The van der Waals surface area contributed by atoms with Crippen molar-refractivity contribution in [3.8, 4) is 11.8 Å². The summed E-state index contributed by atoms with van der Waals surface area (Å²) in [5.41, 5.74) is 0.849. The van der Waals surface area contributed by atoms with Gasteiger partial charge in [0.25, 0.3) is 0 Å². The summed E-state index contributed by atoms with van der Waals surface area (Å²) < 4.78 is 10.4. The maximum Gasteiger partial charge on any atom is 0.224 e. The molecular weight excluding hydrogens is 232 g/mol.